The molecule has 0 unspecified atom stereocenters. The van der Waals surface area contributed by atoms with Crippen LogP contribution >= 0.6 is 24.0 Å². The van der Waals surface area contributed by atoms with E-state index in [0.717, 1.165) is 18.9 Å². The number of guanidine groups is 1. The molecular formula is C18H28IN5O. The number of aryl methyl sites for hydroxylation is 1. The second-order valence-electron chi connectivity index (χ2n) is 6.78. The molecule has 0 atom stereocenters. The number of hydrogen-bond donors (Lipinski definition) is 2. The molecule has 2 N–H and O–H groups in total. The summed E-state index contributed by atoms with van der Waals surface area (Å²) in [4.78, 5) is 8.34. The van der Waals surface area contributed by atoms with Crippen LogP contribution in [0.5, 0.6) is 0 Å². The average Bonchev–Trinajstić information content (AvgIpc) is 2.96. The van der Waals surface area contributed by atoms with Gasteiger partial charge >= 0.3 is 0 Å². The van der Waals surface area contributed by atoms with Crippen molar-refractivity contribution in [3.05, 3.63) is 47.1 Å². The van der Waals surface area contributed by atoms with Crippen LogP contribution in [-0.4, -0.2) is 29.7 Å². The molecule has 0 aliphatic heterocycles. The van der Waals surface area contributed by atoms with Crippen LogP contribution in [0.2, 0.25) is 0 Å². The van der Waals surface area contributed by atoms with Crippen LogP contribution < -0.4 is 10.6 Å². The van der Waals surface area contributed by atoms with Crippen LogP contribution in [0.3, 0.4) is 0 Å². The van der Waals surface area contributed by atoms with E-state index in [1.807, 2.05) is 0 Å². The highest BCUT2D eigenvalue weighted by Crippen LogP contribution is 2.22. The van der Waals surface area contributed by atoms with Crippen molar-refractivity contribution in [3.63, 3.8) is 0 Å². The quantitative estimate of drug-likeness (QED) is 0.410. The Balaban J connectivity index is 0.00000312. The second kappa shape index (κ2) is 9.74. The number of rotatable bonds is 5. The molecule has 138 valence electrons. The van der Waals surface area contributed by atoms with Gasteiger partial charge in [-0.2, -0.15) is 4.98 Å². The zero-order chi connectivity index (χ0) is 17.6. The highest BCUT2D eigenvalue weighted by Gasteiger charge is 2.12. The van der Waals surface area contributed by atoms with Crippen molar-refractivity contribution in [2.45, 2.75) is 46.1 Å². The first kappa shape index (κ1) is 21.4. The fourth-order valence-electron chi connectivity index (χ4n) is 2.29. The van der Waals surface area contributed by atoms with E-state index in [1.165, 1.54) is 11.1 Å². The highest BCUT2D eigenvalue weighted by atomic mass is 127. The summed E-state index contributed by atoms with van der Waals surface area (Å²) >= 11 is 0. The number of aliphatic imine (C=N–C) groups is 1. The maximum atomic E-state index is 5.07. The summed E-state index contributed by atoms with van der Waals surface area (Å²) in [7, 11) is 1.74. The number of aromatic nitrogens is 2. The topological polar surface area (TPSA) is 75.3 Å². The van der Waals surface area contributed by atoms with E-state index in [9.17, 15) is 0 Å². The largest absolute Gasteiger partial charge is 0.356 e. The summed E-state index contributed by atoms with van der Waals surface area (Å²) in [5, 5.41) is 10.2. The first-order valence-electron chi connectivity index (χ1n) is 8.21. The summed E-state index contributed by atoms with van der Waals surface area (Å²) < 4.78 is 5.07. The predicted octanol–water partition coefficient (Wildman–Crippen LogP) is 3.20. The van der Waals surface area contributed by atoms with Crippen molar-refractivity contribution in [2.24, 2.45) is 4.99 Å². The van der Waals surface area contributed by atoms with Gasteiger partial charge in [-0.3, -0.25) is 4.99 Å². The van der Waals surface area contributed by atoms with Gasteiger partial charge in [0.05, 0.1) is 6.54 Å². The molecule has 1 aromatic carbocycles. The van der Waals surface area contributed by atoms with Crippen LogP contribution in [-0.2, 0) is 18.4 Å². The molecule has 1 aromatic heterocycles. The van der Waals surface area contributed by atoms with E-state index >= 15 is 0 Å². The van der Waals surface area contributed by atoms with Crippen molar-refractivity contribution >= 4 is 29.9 Å². The third-order valence-electron chi connectivity index (χ3n) is 3.73. The first-order chi connectivity index (χ1) is 11.4. The number of benzene rings is 1. The molecule has 0 fully saturated rings. The Hall–Kier alpha value is -1.64. The van der Waals surface area contributed by atoms with Gasteiger partial charge in [0.1, 0.15) is 0 Å². The van der Waals surface area contributed by atoms with Gasteiger partial charge in [-0.1, -0.05) is 50.2 Å². The van der Waals surface area contributed by atoms with Crippen molar-refractivity contribution in [3.8, 4) is 0 Å². The lowest BCUT2D eigenvalue weighted by Gasteiger charge is -2.19. The standard InChI is InChI=1S/C18H27N5O.HI/c1-13-22-16(24-23-13)12-21-17(19-5)20-11-10-14-6-8-15(9-7-14)18(2,3)4;/h6-9H,10-12H2,1-5H3,(H2,19,20,21);1H. The van der Waals surface area contributed by atoms with Crippen molar-refractivity contribution in [1.82, 2.24) is 20.8 Å². The second-order valence-corrected chi connectivity index (χ2v) is 6.78. The molecule has 7 heteroatoms. The maximum Gasteiger partial charge on any atom is 0.246 e. The normalized spacial score (nSPS) is 11.8. The number of nitrogens with one attached hydrogen (secondary N) is 2. The van der Waals surface area contributed by atoms with Crippen LogP contribution in [0.4, 0.5) is 0 Å². The Bertz CT molecular complexity index is 674. The Labute approximate surface area is 166 Å². The SMILES string of the molecule is CN=C(NCCc1ccc(C(C)(C)C)cc1)NCc1nc(C)no1.I. The summed E-state index contributed by atoms with van der Waals surface area (Å²) in [6.45, 7) is 9.74. The monoisotopic (exact) mass is 457 g/mol. The van der Waals surface area contributed by atoms with Crippen LogP contribution in [0.15, 0.2) is 33.8 Å². The summed E-state index contributed by atoms with van der Waals surface area (Å²) in [6.07, 6.45) is 0.935. The molecule has 25 heavy (non-hydrogen) atoms. The molecular weight excluding hydrogens is 429 g/mol. The van der Waals surface area contributed by atoms with Gasteiger partial charge in [0.2, 0.25) is 5.89 Å². The minimum atomic E-state index is 0. The molecule has 2 aromatic rings. The Morgan fingerprint density at radius 2 is 1.84 bits per heavy atom. The van der Waals surface area contributed by atoms with Gasteiger partial charge < -0.3 is 15.2 Å². The molecule has 0 aliphatic rings. The van der Waals surface area contributed by atoms with E-state index in [2.05, 4.69) is 70.8 Å². The third-order valence-corrected chi connectivity index (χ3v) is 3.73. The molecule has 0 radical (unpaired) electrons. The highest BCUT2D eigenvalue weighted by molar-refractivity contribution is 14.0. The summed E-state index contributed by atoms with van der Waals surface area (Å²) in [5.74, 6) is 1.90. The minimum absolute atomic E-state index is 0. The van der Waals surface area contributed by atoms with Gasteiger partial charge in [0.15, 0.2) is 11.8 Å². The lowest BCUT2D eigenvalue weighted by atomic mass is 9.86. The Morgan fingerprint density at radius 1 is 1.16 bits per heavy atom. The van der Waals surface area contributed by atoms with E-state index in [1.54, 1.807) is 14.0 Å². The summed E-state index contributed by atoms with van der Waals surface area (Å²) in [5.41, 5.74) is 2.85. The first-order valence-corrected chi connectivity index (χ1v) is 8.21. The smallest absolute Gasteiger partial charge is 0.246 e. The van der Waals surface area contributed by atoms with E-state index < -0.39 is 0 Å². The molecule has 0 saturated carbocycles. The van der Waals surface area contributed by atoms with E-state index in [0.29, 0.717) is 18.3 Å². The van der Waals surface area contributed by atoms with E-state index in [-0.39, 0.29) is 29.4 Å². The fraction of sp³-hybridized carbons (Fsp3) is 0.500. The third kappa shape index (κ3) is 7.01. The van der Waals surface area contributed by atoms with Crippen molar-refractivity contribution < 1.29 is 4.52 Å². The molecule has 0 bridgehead atoms. The molecule has 1 heterocycles. The van der Waals surface area contributed by atoms with Crippen molar-refractivity contribution in [2.75, 3.05) is 13.6 Å². The zero-order valence-corrected chi connectivity index (χ0v) is 17.9. The minimum Gasteiger partial charge on any atom is -0.356 e. The van der Waals surface area contributed by atoms with Gasteiger partial charge in [0, 0.05) is 13.6 Å². The predicted molar refractivity (Wildman–Crippen MR) is 111 cm³/mol. The fourth-order valence-corrected chi connectivity index (χ4v) is 2.29. The van der Waals surface area contributed by atoms with E-state index in [4.69, 9.17) is 4.52 Å². The molecule has 0 aliphatic carbocycles. The molecule has 0 amide bonds. The maximum absolute atomic E-state index is 5.07. The Kier molecular flexibility index (Phi) is 8.34. The van der Waals surface area contributed by atoms with Gasteiger partial charge in [-0.05, 0) is 29.9 Å². The molecule has 0 spiro atoms. The Morgan fingerprint density at radius 3 is 2.36 bits per heavy atom. The number of hydrogen-bond acceptors (Lipinski definition) is 4. The summed E-state index contributed by atoms with van der Waals surface area (Å²) in [6, 6.07) is 8.81. The van der Waals surface area contributed by atoms with Crippen LogP contribution in [0, 0.1) is 6.92 Å². The lowest BCUT2D eigenvalue weighted by molar-refractivity contribution is 0.371. The van der Waals surface area contributed by atoms with Gasteiger partial charge in [0.25, 0.3) is 0 Å². The van der Waals surface area contributed by atoms with Gasteiger partial charge in [-0.15, -0.1) is 24.0 Å². The number of nitrogens with zero attached hydrogens (tertiary/aromatic N) is 3. The molecule has 2 rings (SSSR count). The number of halogens is 1. The van der Waals surface area contributed by atoms with Crippen molar-refractivity contribution in [1.29, 1.82) is 0 Å². The molecule has 6 nitrogen and oxygen atoms in total. The van der Waals surface area contributed by atoms with Crippen LogP contribution in [0.25, 0.3) is 0 Å². The average molecular weight is 457 g/mol. The van der Waals surface area contributed by atoms with Gasteiger partial charge in [-0.25, -0.2) is 0 Å². The van der Waals surface area contributed by atoms with Crippen LogP contribution in [0.1, 0.15) is 43.6 Å². The molecule has 0 saturated heterocycles. The zero-order valence-electron chi connectivity index (χ0n) is 15.6. The lowest BCUT2D eigenvalue weighted by Crippen LogP contribution is -2.37.